The van der Waals surface area contributed by atoms with Crippen molar-refractivity contribution in [1.82, 2.24) is 15.0 Å². The van der Waals surface area contributed by atoms with E-state index in [1.807, 2.05) is 12.3 Å². The summed E-state index contributed by atoms with van der Waals surface area (Å²) in [6.07, 6.45) is 7.79. The number of hydrogen-bond acceptors (Lipinski definition) is 7. The molecule has 33 heavy (non-hydrogen) atoms. The molecule has 7 nitrogen and oxygen atoms in total. The van der Waals surface area contributed by atoms with Gasteiger partial charge in [0.25, 0.3) is 0 Å². The van der Waals surface area contributed by atoms with E-state index in [4.69, 9.17) is 9.72 Å². The Labute approximate surface area is 194 Å². The number of nitrogens with one attached hydrogen (secondary N) is 1. The molecule has 1 saturated carbocycles. The highest BCUT2D eigenvalue weighted by molar-refractivity contribution is 5.66. The van der Waals surface area contributed by atoms with E-state index in [9.17, 15) is 0 Å². The summed E-state index contributed by atoms with van der Waals surface area (Å²) in [5, 5.41) is 3.39. The maximum atomic E-state index is 5.43. The van der Waals surface area contributed by atoms with E-state index in [2.05, 4.69) is 62.3 Å². The fraction of sp³-hybridized carbons (Fsp3) is 0.423. The number of aryl methyl sites for hydroxylation is 1. The molecule has 0 radical (unpaired) electrons. The van der Waals surface area contributed by atoms with Crippen molar-refractivity contribution in [2.45, 2.75) is 32.2 Å². The standard InChI is InChI=1S/C26H30N6O/c1-18-14-21(4-6-24(18)32-17-19-2-5-22(32)15-19)29-26-27-9-8-23(30-26)20-3-7-25(28-16-20)31-10-12-33-13-11-31/h3-4,6-9,14,16,19,22H,2,5,10-13,15,17H2,1H3,(H,27,29,30)/t19-,22-/m1/s1. The number of benzene rings is 1. The Kier molecular flexibility index (Phi) is 5.34. The number of anilines is 4. The Balaban J connectivity index is 1.17. The molecule has 3 aromatic rings. The molecule has 1 aliphatic carbocycles. The van der Waals surface area contributed by atoms with Crippen molar-refractivity contribution in [3.05, 3.63) is 54.4 Å². The Morgan fingerprint density at radius 1 is 1.03 bits per heavy atom. The van der Waals surface area contributed by atoms with Crippen LogP contribution in [0.5, 0.6) is 0 Å². The normalized spacial score (nSPS) is 22.1. The first kappa shape index (κ1) is 20.4. The third kappa shape index (κ3) is 4.13. The molecule has 2 saturated heterocycles. The molecule has 0 amide bonds. The molecular weight excluding hydrogens is 412 g/mol. The zero-order valence-electron chi connectivity index (χ0n) is 19.1. The summed E-state index contributed by atoms with van der Waals surface area (Å²) in [7, 11) is 0. The zero-order valence-corrected chi connectivity index (χ0v) is 19.1. The van der Waals surface area contributed by atoms with Gasteiger partial charge in [-0.1, -0.05) is 0 Å². The van der Waals surface area contributed by atoms with Crippen LogP contribution in [0.3, 0.4) is 0 Å². The van der Waals surface area contributed by atoms with Crippen molar-refractivity contribution in [2.24, 2.45) is 5.92 Å². The van der Waals surface area contributed by atoms with Gasteiger partial charge in [-0.25, -0.2) is 15.0 Å². The topological polar surface area (TPSA) is 66.4 Å². The lowest BCUT2D eigenvalue weighted by Gasteiger charge is -2.30. The van der Waals surface area contributed by atoms with Gasteiger partial charge >= 0.3 is 0 Å². The van der Waals surface area contributed by atoms with Crippen molar-refractivity contribution in [3.8, 4) is 11.3 Å². The number of rotatable bonds is 5. The number of aromatic nitrogens is 3. The predicted molar refractivity (Wildman–Crippen MR) is 131 cm³/mol. The molecule has 0 spiro atoms. The number of nitrogens with zero attached hydrogens (tertiary/aromatic N) is 5. The summed E-state index contributed by atoms with van der Waals surface area (Å²) in [6, 6.07) is 13.4. The van der Waals surface area contributed by atoms with Crippen LogP contribution in [0.4, 0.5) is 23.1 Å². The van der Waals surface area contributed by atoms with E-state index in [0.717, 1.165) is 61.0 Å². The second kappa shape index (κ2) is 8.63. The SMILES string of the molecule is Cc1cc(Nc2nccc(-c3ccc(N4CCOCC4)nc3)n2)ccc1N1C[C@@H]2CC[C@@H]1C2. The van der Waals surface area contributed by atoms with Gasteiger partial charge in [-0.05, 0) is 74.1 Å². The van der Waals surface area contributed by atoms with E-state index in [1.54, 1.807) is 6.20 Å². The molecule has 3 fully saturated rings. The molecule has 2 aliphatic heterocycles. The maximum Gasteiger partial charge on any atom is 0.227 e. The summed E-state index contributed by atoms with van der Waals surface area (Å²) in [5.74, 6) is 2.47. The average Bonchev–Trinajstić information content (AvgIpc) is 3.49. The van der Waals surface area contributed by atoms with Crippen LogP contribution in [0.1, 0.15) is 24.8 Å². The van der Waals surface area contributed by atoms with Crippen LogP contribution < -0.4 is 15.1 Å². The van der Waals surface area contributed by atoms with E-state index in [-0.39, 0.29) is 0 Å². The summed E-state index contributed by atoms with van der Waals surface area (Å²) < 4.78 is 5.43. The maximum absolute atomic E-state index is 5.43. The Morgan fingerprint density at radius 3 is 2.67 bits per heavy atom. The lowest BCUT2D eigenvalue weighted by Crippen LogP contribution is -2.36. The summed E-state index contributed by atoms with van der Waals surface area (Å²) in [5.41, 5.74) is 5.52. The van der Waals surface area contributed by atoms with Crippen LogP contribution in [0.2, 0.25) is 0 Å². The molecule has 0 unspecified atom stereocenters. The largest absolute Gasteiger partial charge is 0.378 e. The van der Waals surface area contributed by atoms with Gasteiger partial charge in [0.2, 0.25) is 5.95 Å². The van der Waals surface area contributed by atoms with E-state index in [1.165, 1.54) is 37.1 Å². The van der Waals surface area contributed by atoms with Crippen LogP contribution in [-0.4, -0.2) is 53.8 Å². The number of hydrogen-bond donors (Lipinski definition) is 1. The molecule has 7 heteroatoms. The molecule has 2 bridgehead atoms. The first-order valence-corrected chi connectivity index (χ1v) is 12.0. The molecule has 2 atom stereocenters. The number of morpholine rings is 1. The minimum atomic E-state index is 0.595. The lowest BCUT2D eigenvalue weighted by molar-refractivity contribution is 0.122. The van der Waals surface area contributed by atoms with Crippen molar-refractivity contribution in [2.75, 3.05) is 48.0 Å². The van der Waals surface area contributed by atoms with Crippen LogP contribution in [-0.2, 0) is 4.74 Å². The highest BCUT2D eigenvalue weighted by atomic mass is 16.5. The smallest absolute Gasteiger partial charge is 0.227 e. The third-order valence-electron chi connectivity index (χ3n) is 7.21. The number of piperidine rings is 1. The average molecular weight is 443 g/mol. The van der Waals surface area contributed by atoms with E-state index < -0.39 is 0 Å². The molecule has 3 aliphatic rings. The Hall–Kier alpha value is -3.19. The summed E-state index contributed by atoms with van der Waals surface area (Å²) in [6.45, 7) is 6.68. The highest BCUT2D eigenvalue weighted by Crippen LogP contribution is 2.41. The first-order valence-electron chi connectivity index (χ1n) is 12.0. The lowest BCUT2D eigenvalue weighted by atomic mass is 10.1. The van der Waals surface area contributed by atoms with Crippen molar-refractivity contribution < 1.29 is 4.74 Å². The Morgan fingerprint density at radius 2 is 1.94 bits per heavy atom. The highest BCUT2D eigenvalue weighted by Gasteiger charge is 2.38. The predicted octanol–water partition coefficient (Wildman–Crippen LogP) is 4.42. The second-order valence-corrected chi connectivity index (χ2v) is 9.38. The Bertz CT molecular complexity index is 1130. The minimum Gasteiger partial charge on any atom is -0.378 e. The number of ether oxygens (including phenoxy) is 1. The van der Waals surface area contributed by atoms with Gasteiger partial charge in [0, 0.05) is 55.0 Å². The minimum absolute atomic E-state index is 0.595. The van der Waals surface area contributed by atoms with Crippen molar-refractivity contribution >= 4 is 23.1 Å². The van der Waals surface area contributed by atoms with Gasteiger partial charge < -0.3 is 19.9 Å². The third-order valence-corrected chi connectivity index (χ3v) is 7.21. The number of fused-ring (bicyclic) bond motifs is 2. The van der Waals surface area contributed by atoms with Crippen molar-refractivity contribution in [1.29, 1.82) is 0 Å². The van der Waals surface area contributed by atoms with Gasteiger partial charge in [-0.2, -0.15) is 0 Å². The molecular formula is C26H30N6O. The van der Waals surface area contributed by atoms with Gasteiger partial charge in [0.1, 0.15) is 5.82 Å². The number of pyridine rings is 1. The quantitative estimate of drug-likeness (QED) is 0.628. The van der Waals surface area contributed by atoms with Crippen LogP contribution in [0, 0.1) is 12.8 Å². The van der Waals surface area contributed by atoms with Crippen molar-refractivity contribution in [3.63, 3.8) is 0 Å². The summed E-state index contributed by atoms with van der Waals surface area (Å²) in [4.78, 5) is 18.7. The van der Waals surface area contributed by atoms with Crippen LogP contribution >= 0.6 is 0 Å². The molecule has 1 N–H and O–H groups in total. The van der Waals surface area contributed by atoms with Crippen LogP contribution in [0.25, 0.3) is 11.3 Å². The molecule has 2 aromatic heterocycles. The first-order chi connectivity index (χ1) is 16.2. The van der Waals surface area contributed by atoms with E-state index in [0.29, 0.717) is 5.95 Å². The second-order valence-electron chi connectivity index (χ2n) is 9.38. The van der Waals surface area contributed by atoms with E-state index >= 15 is 0 Å². The monoisotopic (exact) mass is 442 g/mol. The molecule has 170 valence electrons. The van der Waals surface area contributed by atoms with Gasteiger partial charge in [0.15, 0.2) is 0 Å². The molecule has 1 aromatic carbocycles. The fourth-order valence-electron chi connectivity index (χ4n) is 5.50. The van der Waals surface area contributed by atoms with Crippen LogP contribution in [0.15, 0.2) is 48.8 Å². The molecule has 6 rings (SSSR count). The fourth-order valence-corrected chi connectivity index (χ4v) is 5.50. The molecule has 4 heterocycles. The van der Waals surface area contributed by atoms with Gasteiger partial charge in [-0.15, -0.1) is 0 Å². The van der Waals surface area contributed by atoms with Gasteiger partial charge in [0.05, 0.1) is 18.9 Å². The zero-order chi connectivity index (χ0) is 22.2. The van der Waals surface area contributed by atoms with Gasteiger partial charge in [-0.3, -0.25) is 0 Å². The summed E-state index contributed by atoms with van der Waals surface area (Å²) >= 11 is 0.